The fraction of sp³-hybridized carbons (Fsp3) is 0.579. The summed E-state index contributed by atoms with van der Waals surface area (Å²) in [7, 11) is 0. The van der Waals surface area contributed by atoms with E-state index < -0.39 is 39.1 Å². The lowest BCUT2D eigenvalue weighted by atomic mass is 10.1. The van der Waals surface area contributed by atoms with Crippen LogP contribution in [0.15, 0.2) is 16.9 Å². The molecule has 0 aliphatic carbocycles. The maximum Gasteiger partial charge on any atom is 0.416 e. The highest BCUT2D eigenvalue weighted by Crippen LogP contribution is 2.40. The smallest absolute Gasteiger partial charge is 0.379 e. The number of rotatable bonds is 6. The van der Waals surface area contributed by atoms with Crippen molar-refractivity contribution in [2.45, 2.75) is 37.8 Å². The number of aromatic nitrogens is 1. The van der Waals surface area contributed by atoms with E-state index in [0.29, 0.717) is 44.9 Å². The van der Waals surface area contributed by atoms with E-state index in [1.54, 1.807) is 4.90 Å². The van der Waals surface area contributed by atoms with Crippen molar-refractivity contribution >= 4 is 32.2 Å². The summed E-state index contributed by atoms with van der Waals surface area (Å²) in [6.45, 7) is 4.00. The topological polar surface area (TPSA) is 104 Å². The standard InChI is InChI=1S/C19H20F3N3O6S/c1-2-5-29-8-12-9-30-18(31-12)3-4-24(10-18)17-23-16(26)13-6-11(19(20,21)22)7-14(25(27)28)15(13)32-17/h6-7,12H,2-5,8-10H2,1H3/t12?,18-/m1/s1. The van der Waals surface area contributed by atoms with E-state index in [1.807, 2.05) is 6.92 Å². The number of alkyl halides is 3. The molecule has 0 radical (unpaired) electrons. The molecule has 1 spiro atoms. The first-order valence-corrected chi connectivity index (χ1v) is 10.8. The summed E-state index contributed by atoms with van der Waals surface area (Å²) in [5.41, 5.74) is -3.00. The molecule has 0 bridgehead atoms. The van der Waals surface area contributed by atoms with E-state index in [4.69, 9.17) is 14.2 Å². The number of ether oxygens (including phenoxy) is 3. The van der Waals surface area contributed by atoms with Crippen molar-refractivity contribution in [3.8, 4) is 0 Å². The predicted molar refractivity (Wildman–Crippen MR) is 109 cm³/mol. The van der Waals surface area contributed by atoms with Gasteiger partial charge in [0.05, 0.1) is 35.6 Å². The Morgan fingerprint density at radius 1 is 1.44 bits per heavy atom. The molecule has 2 aliphatic heterocycles. The van der Waals surface area contributed by atoms with Gasteiger partial charge in [0, 0.05) is 25.6 Å². The minimum atomic E-state index is -4.83. The summed E-state index contributed by atoms with van der Waals surface area (Å²) in [5.74, 6) is -0.904. The second-order valence-corrected chi connectivity index (χ2v) is 8.61. The maximum absolute atomic E-state index is 13.1. The van der Waals surface area contributed by atoms with Gasteiger partial charge in [-0.15, -0.1) is 0 Å². The first-order chi connectivity index (χ1) is 15.1. The fourth-order valence-electron chi connectivity index (χ4n) is 3.76. The minimum Gasteiger partial charge on any atom is -0.379 e. The van der Waals surface area contributed by atoms with Crippen LogP contribution in [0.1, 0.15) is 25.3 Å². The van der Waals surface area contributed by atoms with Gasteiger partial charge in [0.25, 0.3) is 11.2 Å². The summed E-state index contributed by atoms with van der Waals surface area (Å²) in [5, 5.41) is 11.2. The molecule has 13 heteroatoms. The molecule has 0 saturated carbocycles. The summed E-state index contributed by atoms with van der Waals surface area (Å²) < 4.78 is 56.6. The van der Waals surface area contributed by atoms with Crippen LogP contribution in [-0.2, 0) is 20.4 Å². The number of non-ortho nitro benzene ring substituents is 1. The molecule has 2 aliphatic rings. The molecule has 0 amide bonds. The monoisotopic (exact) mass is 475 g/mol. The summed E-state index contributed by atoms with van der Waals surface area (Å²) in [4.78, 5) is 28.6. The van der Waals surface area contributed by atoms with Crippen LogP contribution in [0.2, 0.25) is 0 Å². The van der Waals surface area contributed by atoms with Crippen LogP contribution in [0.3, 0.4) is 0 Å². The highest BCUT2D eigenvalue weighted by Gasteiger charge is 2.47. The Hall–Kier alpha value is -2.35. The molecule has 1 unspecified atom stereocenters. The van der Waals surface area contributed by atoms with Crippen molar-refractivity contribution in [2.24, 2.45) is 0 Å². The van der Waals surface area contributed by atoms with Crippen LogP contribution in [-0.4, -0.2) is 54.7 Å². The van der Waals surface area contributed by atoms with Crippen molar-refractivity contribution < 1.29 is 32.3 Å². The van der Waals surface area contributed by atoms with Gasteiger partial charge >= 0.3 is 6.18 Å². The Balaban J connectivity index is 1.62. The van der Waals surface area contributed by atoms with Crippen molar-refractivity contribution in [3.63, 3.8) is 0 Å². The van der Waals surface area contributed by atoms with Crippen LogP contribution in [0.4, 0.5) is 24.0 Å². The van der Waals surface area contributed by atoms with Crippen molar-refractivity contribution in [1.82, 2.24) is 4.98 Å². The molecular weight excluding hydrogens is 455 g/mol. The summed E-state index contributed by atoms with van der Waals surface area (Å²) in [6.07, 6.45) is -3.69. The van der Waals surface area contributed by atoms with Crippen LogP contribution in [0.5, 0.6) is 0 Å². The Bertz CT molecular complexity index is 1090. The van der Waals surface area contributed by atoms with Gasteiger partial charge in [-0.3, -0.25) is 14.9 Å². The molecule has 1 aromatic heterocycles. The molecule has 174 valence electrons. The van der Waals surface area contributed by atoms with E-state index in [9.17, 15) is 28.1 Å². The van der Waals surface area contributed by atoms with Crippen molar-refractivity contribution in [1.29, 1.82) is 0 Å². The quantitative estimate of drug-likeness (QED) is 0.356. The van der Waals surface area contributed by atoms with Gasteiger partial charge < -0.3 is 19.1 Å². The average molecular weight is 475 g/mol. The molecule has 2 fully saturated rings. The predicted octanol–water partition coefficient (Wildman–Crippen LogP) is 3.33. The molecule has 32 heavy (non-hydrogen) atoms. The van der Waals surface area contributed by atoms with E-state index in [1.165, 1.54) is 0 Å². The Labute approximate surface area is 183 Å². The Kier molecular flexibility index (Phi) is 6.09. The molecule has 0 N–H and O–H groups in total. The van der Waals surface area contributed by atoms with Gasteiger partial charge in [-0.25, -0.2) is 0 Å². The summed E-state index contributed by atoms with van der Waals surface area (Å²) in [6, 6.07) is 1.05. The zero-order valence-corrected chi connectivity index (χ0v) is 17.8. The number of hydrogen-bond donors (Lipinski definition) is 0. The molecule has 3 heterocycles. The zero-order chi connectivity index (χ0) is 23.1. The molecule has 4 rings (SSSR count). The highest BCUT2D eigenvalue weighted by atomic mass is 32.1. The average Bonchev–Trinajstić information content (AvgIpc) is 3.33. The lowest BCUT2D eigenvalue weighted by molar-refractivity contribution is -0.383. The number of nitro groups is 1. The van der Waals surface area contributed by atoms with Crippen LogP contribution >= 0.6 is 11.3 Å². The third kappa shape index (κ3) is 4.42. The molecule has 2 atom stereocenters. The summed E-state index contributed by atoms with van der Waals surface area (Å²) >= 11 is 0.802. The maximum atomic E-state index is 13.1. The number of fused-ring (bicyclic) bond motifs is 1. The van der Waals surface area contributed by atoms with Gasteiger partial charge in [0.1, 0.15) is 10.8 Å². The fourth-order valence-corrected chi connectivity index (χ4v) is 4.86. The number of hydrogen-bond acceptors (Lipinski definition) is 9. The van der Waals surface area contributed by atoms with Crippen LogP contribution in [0.25, 0.3) is 10.1 Å². The molecule has 1 aromatic carbocycles. The first kappa shape index (κ1) is 22.8. The number of benzene rings is 1. The van der Waals surface area contributed by atoms with E-state index >= 15 is 0 Å². The number of nitro benzene ring substituents is 1. The molecule has 2 aromatic rings. The van der Waals surface area contributed by atoms with Gasteiger partial charge in [0.2, 0.25) is 0 Å². The van der Waals surface area contributed by atoms with Crippen LogP contribution in [0, 0.1) is 10.1 Å². The zero-order valence-electron chi connectivity index (χ0n) is 17.0. The molecule has 2 saturated heterocycles. The Morgan fingerprint density at radius 2 is 2.22 bits per heavy atom. The van der Waals surface area contributed by atoms with Gasteiger partial charge in [-0.2, -0.15) is 18.2 Å². The minimum absolute atomic E-state index is 0.155. The van der Waals surface area contributed by atoms with Crippen molar-refractivity contribution in [2.75, 3.05) is 37.8 Å². The number of halogens is 3. The SMILES string of the molecule is CCCOCC1CO[C@]2(CCN(c3nc(=O)c4cc(C(F)(F)F)cc([N+](=O)[O-])c4s3)C2)O1. The van der Waals surface area contributed by atoms with E-state index in [2.05, 4.69) is 4.98 Å². The highest BCUT2D eigenvalue weighted by molar-refractivity contribution is 7.22. The van der Waals surface area contributed by atoms with E-state index in [-0.39, 0.29) is 22.5 Å². The van der Waals surface area contributed by atoms with Gasteiger partial charge in [-0.1, -0.05) is 18.3 Å². The first-order valence-electron chi connectivity index (χ1n) is 9.97. The number of nitrogens with zero attached hydrogens (tertiary/aromatic N) is 3. The second kappa shape index (κ2) is 8.54. The van der Waals surface area contributed by atoms with E-state index in [0.717, 1.165) is 17.8 Å². The van der Waals surface area contributed by atoms with Gasteiger partial charge in [-0.05, 0) is 12.5 Å². The van der Waals surface area contributed by atoms with Crippen molar-refractivity contribution in [3.05, 3.63) is 38.2 Å². The normalized spacial score (nSPS) is 23.5. The molecular formula is C19H20F3N3O6S. The lowest BCUT2D eigenvalue weighted by Crippen LogP contribution is -2.36. The van der Waals surface area contributed by atoms with Crippen LogP contribution < -0.4 is 10.5 Å². The number of anilines is 1. The molecule has 9 nitrogen and oxygen atoms in total. The third-order valence-electron chi connectivity index (χ3n) is 5.25. The largest absolute Gasteiger partial charge is 0.416 e. The Morgan fingerprint density at radius 3 is 2.91 bits per heavy atom. The second-order valence-electron chi connectivity index (χ2n) is 7.64. The lowest BCUT2D eigenvalue weighted by Gasteiger charge is -2.23. The van der Waals surface area contributed by atoms with Gasteiger partial charge in [0.15, 0.2) is 10.9 Å². The third-order valence-corrected chi connectivity index (χ3v) is 6.41.